The molecule has 7 nitrogen and oxygen atoms in total. The van der Waals surface area contributed by atoms with E-state index in [-0.39, 0.29) is 5.91 Å². The summed E-state index contributed by atoms with van der Waals surface area (Å²) in [5, 5.41) is 3.62. The first-order valence-electron chi connectivity index (χ1n) is 16.2. The summed E-state index contributed by atoms with van der Waals surface area (Å²) in [6, 6.07) is 12.6. The molecule has 0 radical (unpaired) electrons. The third-order valence-electron chi connectivity index (χ3n) is 8.61. The van der Waals surface area contributed by atoms with Gasteiger partial charge in [0.1, 0.15) is 5.75 Å². The Bertz CT molecular complexity index is 1270. The average Bonchev–Trinajstić information content (AvgIpc) is 3.62. The predicted molar refractivity (Wildman–Crippen MR) is 168 cm³/mol. The Morgan fingerprint density at radius 2 is 1.73 bits per heavy atom. The van der Waals surface area contributed by atoms with Crippen LogP contribution in [-0.4, -0.2) is 64.6 Å². The summed E-state index contributed by atoms with van der Waals surface area (Å²) in [7, 11) is 0. The summed E-state index contributed by atoms with van der Waals surface area (Å²) < 4.78 is 8.09. The minimum Gasteiger partial charge on any atom is -0.493 e. The lowest BCUT2D eigenvalue weighted by atomic mass is 10.1. The Morgan fingerprint density at radius 1 is 0.951 bits per heavy atom. The molecule has 3 aromatic rings. The number of fused-ring (bicyclic) bond motifs is 2. The molecular formula is C34H49N5O2. The van der Waals surface area contributed by atoms with Gasteiger partial charge in [-0.2, -0.15) is 0 Å². The third-order valence-corrected chi connectivity index (χ3v) is 8.61. The van der Waals surface area contributed by atoms with E-state index < -0.39 is 0 Å². The summed E-state index contributed by atoms with van der Waals surface area (Å²) >= 11 is 0. The van der Waals surface area contributed by atoms with Gasteiger partial charge in [-0.25, -0.2) is 4.98 Å². The Labute approximate surface area is 246 Å². The lowest BCUT2D eigenvalue weighted by Crippen LogP contribution is -2.33. The van der Waals surface area contributed by atoms with Gasteiger partial charge >= 0.3 is 0 Å². The highest BCUT2D eigenvalue weighted by Crippen LogP contribution is 2.28. The van der Waals surface area contributed by atoms with E-state index in [4.69, 9.17) is 9.72 Å². The Balaban J connectivity index is 1.35. The Morgan fingerprint density at radius 3 is 2.51 bits per heavy atom. The smallest absolute Gasteiger partial charge is 0.253 e. The number of nitrogens with one attached hydrogen (secondary N) is 1. The van der Waals surface area contributed by atoms with E-state index in [1.165, 1.54) is 49.9 Å². The number of benzene rings is 2. The van der Waals surface area contributed by atoms with Crippen LogP contribution in [0.3, 0.4) is 0 Å². The van der Waals surface area contributed by atoms with Crippen molar-refractivity contribution in [2.75, 3.05) is 44.6 Å². The molecule has 0 saturated carbocycles. The highest BCUT2D eigenvalue weighted by molar-refractivity contribution is 5.97. The lowest BCUT2D eigenvalue weighted by molar-refractivity contribution is 0.0751. The van der Waals surface area contributed by atoms with Crippen LogP contribution >= 0.6 is 0 Å². The topological polar surface area (TPSA) is 62.6 Å². The SMILES string of the molecule is CCCCN(CCCC)C(=O)c1ccc2nc(NCc3ccc4c(c3)OCC4)n(CCCCN3CCCCC3)c2c1. The minimum absolute atomic E-state index is 0.138. The van der Waals surface area contributed by atoms with Crippen molar-refractivity contribution in [3.63, 3.8) is 0 Å². The van der Waals surface area contributed by atoms with Gasteiger partial charge in [0, 0.05) is 38.2 Å². The first-order chi connectivity index (χ1) is 20.2. The minimum atomic E-state index is 0.138. The van der Waals surface area contributed by atoms with Crippen LogP contribution in [0.1, 0.15) is 93.1 Å². The number of likely N-dealkylation sites (tertiary alicyclic amines) is 1. The van der Waals surface area contributed by atoms with Crippen molar-refractivity contribution in [1.29, 1.82) is 0 Å². The molecule has 7 heteroatoms. The van der Waals surface area contributed by atoms with Crippen molar-refractivity contribution >= 4 is 22.9 Å². The number of carbonyl (C=O) groups excluding carboxylic acids is 1. The predicted octanol–water partition coefficient (Wildman–Crippen LogP) is 6.89. The molecule has 0 bridgehead atoms. The van der Waals surface area contributed by atoms with Crippen LogP contribution in [-0.2, 0) is 19.5 Å². The number of amides is 1. The maximum atomic E-state index is 13.6. The summed E-state index contributed by atoms with van der Waals surface area (Å²) in [6.45, 7) is 12.0. The number of anilines is 1. The highest BCUT2D eigenvalue weighted by Gasteiger charge is 2.19. The zero-order valence-electron chi connectivity index (χ0n) is 25.3. The largest absolute Gasteiger partial charge is 0.493 e. The molecule has 41 heavy (non-hydrogen) atoms. The third kappa shape index (κ3) is 7.62. The number of piperidine rings is 1. The lowest BCUT2D eigenvalue weighted by Gasteiger charge is -2.26. The average molecular weight is 560 g/mol. The van der Waals surface area contributed by atoms with Gasteiger partial charge in [0.25, 0.3) is 5.91 Å². The van der Waals surface area contributed by atoms with Gasteiger partial charge in [-0.15, -0.1) is 0 Å². The van der Waals surface area contributed by atoms with E-state index >= 15 is 0 Å². The molecule has 1 fully saturated rings. The quantitative estimate of drug-likeness (QED) is 0.205. The van der Waals surface area contributed by atoms with Crippen molar-refractivity contribution in [3.05, 3.63) is 53.1 Å². The molecule has 0 spiro atoms. The molecule has 2 aliphatic heterocycles. The molecule has 2 aliphatic rings. The normalized spacial score (nSPS) is 15.2. The van der Waals surface area contributed by atoms with E-state index in [1.54, 1.807) is 0 Å². The number of carbonyl (C=O) groups is 1. The van der Waals surface area contributed by atoms with Crippen molar-refractivity contribution in [2.24, 2.45) is 0 Å². The van der Waals surface area contributed by atoms with Gasteiger partial charge < -0.3 is 24.4 Å². The van der Waals surface area contributed by atoms with E-state index in [2.05, 4.69) is 52.9 Å². The van der Waals surface area contributed by atoms with Gasteiger partial charge in [0.2, 0.25) is 5.95 Å². The molecule has 5 rings (SSSR count). The molecular weight excluding hydrogens is 510 g/mol. The second-order valence-corrected chi connectivity index (χ2v) is 11.8. The number of nitrogens with zero attached hydrogens (tertiary/aromatic N) is 4. The second-order valence-electron chi connectivity index (χ2n) is 11.8. The van der Waals surface area contributed by atoms with E-state index in [0.717, 1.165) is 99.6 Å². The molecule has 1 amide bonds. The number of rotatable bonds is 15. The Hall–Kier alpha value is -3.06. The van der Waals surface area contributed by atoms with Crippen molar-refractivity contribution in [2.45, 2.75) is 91.1 Å². The number of hydrogen-bond acceptors (Lipinski definition) is 5. The molecule has 1 aromatic heterocycles. The molecule has 1 saturated heterocycles. The summed E-state index contributed by atoms with van der Waals surface area (Å²) in [6.07, 6.45) is 11.5. The number of aryl methyl sites for hydroxylation is 1. The Kier molecular flexibility index (Phi) is 10.6. The van der Waals surface area contributed by atoms with E-state index in [1.807, 2.05) is 17.0 Å². The fourth-order valence-corrected chi connectivity index (χ4v) is 6.10. The van der Waals surface area contributed by atoms with Crippen LogP contribution in [0.15, 0.2) is 36.4 Å². The maximum Gasteiger partial charge on any atom is 0.253 e. The van der Waals surface area contributed by atoms with E-state index in [0.29, 0.717) is 6.54 Å². The molecule has 0 unspecified atom stereocenters. The molecule has 1 N–H and O–H groups in total. The van der Waals surface area contributed by atoms with Gasteiger partial charge in [0.15, 0.2) is 0 Å². The van der Waals surface area contributed by atoms with Crippen LogP contribution in [0, 0.1) is 0 Å². The van der Waals surface area contributed by atoms with Crippen molar-refractivity contribution in [3.8, 4) is 5.75 Å². The summed E-state index contributed by atoms with van der Waals surface area (Å²) in [5.41, 5.74) is 5.22. The van der Waals surface area contributed by atoms with Crippen LogP contribution in [0.2, 0.25) is 0 Å². The van der Waals surface area contributed by atoms with E-state index in [9.17, 15) is 4.79 Å². The number of imidazole rings is 1. The molecule has 3 heterocycles. The van der Waals surface area contributed by atoms with Gasteiger partial charge in [-0.05, 0) is 93.6 Å². The molecule has 2 aromatic carbocycles. The molecule has 222 valence electrons. The number of hydrogen-bond donors (Lipinski definition) is 1. The standard InChI is InChI=1S/C34H49N5O2/c1-3-5-20-38(21-6-4-2)33(40)29-14-15-30-31(25-29)39(22-11-10-19-37-17-8-7-9-18-37)34(36-30)35-26-27-12-13-28-16-23-41-32(28)24-27/h12-15,24-25H,3-11,16-23,26H2,1-2H3,(H,35,36). The maximum absolute atomic E-state index is 13.6. The van der Waals surface area contributed by atoms with Crippen LogP contribution in [0.5, 0.6) is 5.75 Å². The number of unbranched alkanes of at least 4 members (excludes halogenated alkanes) is 3. The monoisotopic (exact) mass is 559 g/mol. The van der Waals surface area contributed by atoms with Gasteiger partial charge in [-0.1, -0.05) is 45.2 Å². The van der Waals surface area contributed by atoms with Crippen LogP contribution in [0.25, 0.3) is 11.0 Å². The second kappa shape index (κ2) is 14.7. The molecule has 0 aliphatic carbocycles. The first-order valence-corrected chi connectivity index (χ1v) is 16.2. The summed E-state index contributed by atoms with van der Waals surface area (Å²) in [4.78, 5) is 23.3. The number of aromatic nitrogens is 2. The van der Waals surface area contributed by atoms with Crippen LogP contribution < -0.4 is 10.1 Å². The van der Waals surface area contributed by atoms with Crippen molar-refractivity contribution in [1.82, 2.24) is 19.4 Å². The van der Waals surface area contributed by atoms with Crippen molar-refractivity contribution < 1.29 is 9.53 Å². The summed E-state index contributed by atoms with van der Waals surface area (Å²) in [5.74, 6) is 2.02. The van der Waals surface area contributed by atoms with Gasteiger partial charge in [-0.3, -0.25) is 4.79 Å². The zero-order chi connectivity index (χ0) is 28.4. The fraction of sp³-hybridized carbons (Fsp3) is 0.588. The highest BCUT2D eigenvalue weighted by atomic mass is 16.5. The fourth-order valence-electron chi connectivity index (χ4n) is 6.10. The number of ether oxygens (including phenoxy) is 1. The first kappa shape index (κ1) is 29.4. The van der Waals surface area contributed by atoms with Crippen LogP contribution in [0.4, 0.5) is 5.95 Å². The molecule has 0 atom stereocenters. The van der Waals surface area contributed by atoms with Gasteiger partial charge in [0.05, 0.1) is 17.6 Å². The zero-order valence-corrected chi connectivity index (χ0v) is 25.3.